The molecule has 0 aliphatic carbocycles. The van der Waals surface area contributed by atoms with Crippen LogP contribution in [-0.4, -0.2) is 17.0 Å². The van der Waals surface area contributed by atoms with Gasteiger partial charge in [-0.3, -0.25) is 0 Å². The Bertz CT molecular complexity index is 1070. The van der Waals surface area contributed by atoms with Crippen LogP contribution < -0.4 is 9.47 Å². The predicted molar refractivity (Wildman–Crippen MR) is 102 cm³/mol. The van der Waals surface area contributed by atoms with E-state index in [9.17, 15) is 14.7 Å². The number of rotatable bonds is 4. The molecule has 0 unspecified atom stereocenters. The Hall–Kier alpha value is -3.60. The second kappa shape index (κ2) is 7.33. The van der Waals surface area contributed by atoms with Crippen molar-refractivity contribution < 1.29 is 24.2 Å². The fourth-order valence-electron chi connectivity index (χ4n) is 2.47. The van der Waals surface area contributed by atoms with Crippen LogP contribution in [0.4, 0.5) is 0 Å². The summed E-state index contributed by atoms with van der Waals surface area (Å²) in [4.78, 5) is 24.0. The second-order valence-electron chi connectivity index (χ2n) is 6.23. The highest BCUT2D eigenvalue weighted by Crippen LogP contribution is 2.25. The van der Waals surface area contributed by atoms with Gasteiger partial charge in [0, 0.05) is 5.57 Å². The SMILES string of the molecule is C=C(C)C(=O)Oc1ccc2cc(C(=O)Oc3ccc(O)c(C)c3)ccc2c1. The Morgan fingerprint density at radius 2 is 1.52 bits per heavy atom. The van der Waals surface area contributed by atoms with Crippen molar-refractivity contribution in [2.24, 2.45) is 0 Å². The van der Waals surface area contributed by atoms with Gasteiger partial charge in [-0.05, 0) is 72.6 Å². The molecular formula is C22H18O5. The molecule has 0 fully saturated rings. The van der Waals surface area contributed by atoms with E-state index >= 15 is 0 Å². The van der Waals surface area contributed by atoms with E-state index in [0.29, 0.717) is 28.2 Å². The monoisotopic (exact) mass is 362 g/mol. The van der Waals surface area contributed by atoms with E-state index in [1.165, 1.54) is 12.1 Å². The summed E-state index contributed by atoms with van der Waals surface area (Å²) in [6.07, 6.45) is 0. The quantitative estimate of drug-likeness (QED) is 0.419. The summed E-state index contributed by atoms with van der Waals surface area (Å²) in [5.74, 6) is -0.0787. The summed E-state index contributed by atoms with van der Waals surface area (Å²) in [5.41, 5.74) is 1.33. The first kappa shape index (κ1) is 18.2. The van der Waals surface area contributed by atoms with Crippen molar-refractivity contribution in [3.63, 3.8) is 0 Å². The van der Waals surface area contributed by atoms with Crippen LogP contribution in [0.25, 0.3) is 10.8 Å². The Balaban J connectivity index is 1.81. The number of ether oxygens (including phenoxy) is 2. The molecule has 5 nitrogen and oxygen atoms in total. The maximum atomic E-state index is 12.4. The summed E-state index contributed by atoms with van der Waals surface area (Å²) in [6, 6.07) is 14.8. The van der Waals surface area contributed by atoms with Crippen LogP contribution in [0.15, 0.2) is 66.7 Å². The largest absolute Gasteiger partial charge is 0.508 e. The Kier molecular flexibility index (Phi) is 4.94. The van der Waals surface area contributed by atoms with E-state index in [0.717, 1.165) is 10.8 Å². The van der Waals surface area contributed by atoms with Crippen molar-refractivity contribution in [2.75, 3.05) is 0 Å². The Morgan fingerprint density at radius 1 is 0.889 bits per heavy atom. The van der Waals surface area contributed by atoms with Gasteiger partial charge in [-0.15, -0.1) is 0 Å². The summed E-state index contributed by atoms with van der Waals surface area (Å²) in [6.45, 7) is 6.85. The highest BCUT2D eigenvalue weighted by atomic mass is 16.5. The smallest absolute Gasteiger partial charge is 0.343 e. The van der Waals surface area contributed by atoms with Gasteiger partial charge in [0.2, 0.25) is 0 Å². The van der Waals surface area contributed by atoms with Gasteiger partial charge in [0.25, 0.3) is 0 Å². The van der Waals surface area contributed by atoms with Gasteiger partial charge in [0.05, 0.1) is 5.56 Å². The Labute approximate surface area is 156 Å². The lowest BCUT2D eigenvalue weighted by molar-refractivity contribution is -0.130. The van der Waals surface area contributed by atoms with Crippen molar-refractivity contribution in [3.8, 4) is 17.2 Å². The highest BCUT2D eigenvalue weighted by molar-refractivity contribution is 5.97. The third-order valence-electron chi connectivity index (χ3n) is 3.99. The van der Waals surface area contributed by atoms with Crippen molar-refractivity contribution in [1.82, 2.24) is 0 Å². The molecule has 136 valence electrons. The fraction of sp³-hybridized carbons (Fsp3) is 0.0909. The molecule has 0 saturated heterocycles. The topological polar surface area (TPSA) is 72.8 Å². The van der Waals surface area contributed by atoms with Crippen LogP contribution in [0.5, 0.6) is 17.2 Å². The molecule has 0 aliphatic heterocycles. The summed E-state index contributed by atoms with van der Waals surface area (Å²) in [7, 11) is 0. The molecule has 0 aliphatic rings. The molecular weight excluding hydrogens is 344 g/mol. The third-order valence-corrected chi connectivity index (χ3v) is 3.99. The minimum absolute atomic E-state index is 0.142. The number of benzene rings is 3. The molecule has 0 spiro atoms. The van der Waals surface area contributed by atoms with Gasteiger partial charge in [-0.25, -0.2) is 9.59 Å². The normalized spacial score (nSPS) is 10.4. The van der Waals surface area contributed by atoms with Gasteiger partial charge in [-0.2, -0.15) is 0 Å². The van der Waals surface area contributed by atoms with E-state index in [-0.39, 0.29) is 5.75 Å². The zero-order valence-electron chi connectivity index (χ0n) is 15.0. The molecule has 0 radical (unpaired) electrons. The number of carbonyl (C=O) groups is 2. The van der Waals surface area contributed by atoms with E-state index < -0.39 is 11.9 Å². The lowest BCUT2D eigenvalue weighted by Crippen LogP contribution is -2.09. The first-order valence-corrected chi connectivity index (χ1v) is 8.27. The zero-order valence-corrected chi connectivity index (χ0v) is 15.0. The lowest BCUT2D eigenvalue weighted by Gasteiger charge is -2.08. The zero-order chi connectivity index (χ0) is 19.6. The number of hydrogen-bond acceptors (Lipinski definition) is 5. The molecule has 0 bridgehead atoms. The summed E-state index contributed by atoms with van der Waals surface area (Å²) in [5, 5.41) is 11.2. The van der Waals surface area contributed by atoms with E-state index in [1.54, 1.807) is 56.3 Å². The lowest BCUT2D eigenvalue weighted by atomic mass is 10.1. The molecule has 3 aromatic carbocycles. The van der Waals surface area contributed by atoms with E-state index in [2.05, 4.69) is 6.58 Å². The van der Waals surface area contributed by atoms with Gasteiger partial charge < -0.3 is 14.6 Å². The molecule has 5 heteroatoms. The van der Waals surface area contributed by atoms with Crippen LogP contribution in [0.1, 0.15) is 22.8 Å². The van der Waals surface area contributed by atoms with Crippen LogP contribution in [0.2, 0.25) is 0 Å². The number of phenols is 1. The van der Waals surface area contributed by atoms with Crippen molar-refractivity contribution in [3.05, 3.63) is 77.9 Å². The maximum Gasteiger partial charge on any atom is 0.343 e. The fourth-order valence-corrected chi connectivity index (χ4v) is 2.47. The molecule has 27 heavy (non-hydrogen) atoms. The van der Waals surface area contributed by atoms with Gasteiger partial charge in [-0.1, -0.05) is 18.7 Å². The molecule has 0 aromatic heterocycles. The Morgan fingerprint density at radius 3 is 2.22 bits per heavy atom. The van der Waals surface area contributed by atoms with Gasteiger partial charge >= 0.3 is 11.9 Å². The number of aryl methyl sites for hydroxylation is 1. The number of phenolic OH excluding ortho intramolecular Hbond substituents is 1. The molecule has 0 amide bonds. The average Bonchev–Trinajstić information content (AvgIpc) is 2.64. The van der Waals surface area contributed by atoms with Crippen LogP contribution in [0.3, 0.4) is 0 Å². The maximum absolute atomic E-state index is 12.4. The highest BCUT2D eigenvalue weighted by Gasteiger charge is 2.11. The molecule has 0 atom stereocenters. The first-order chi connectivity index (χ1) is 12.8. The third kappa shape index (κ3) is 4.15. The average molecular weight is 362 g/mol. The molecule has 0 saturated carbocycles. The number of fused-ring (bicyclic) bond motifs is 1. The standard InChI is InChI=1S/C22H18O5/c1-13(2)21(24)26-19-7-6-15-11-17(5-4-16(15)12-19)22(25)27-18-8-9-20(23)14(3)10-18/h4-12,23H,1H2,2-3H3. The molecule has 0 heterocycles. The number of hydrogen-bond donors (Lipinski definition) is 1. The minimum atomic E-state index is -0.500. The molecule has 3 rings (SSSR count). The molecule has 1 N–H and O–H groups in total. The number of aromatic hydroxyl groups is 1. The summed E-state index contributed by atoms with van der Waals surface area (Å²) < 4.78 is 10.6. The van der Waals surface area contributed by atoms with Gasteiger partial charge in [0.1, 0.15) is 17.2 Å². The molecule has 3 aromatic rings. The van der Waals surface area contributed by atoms with Crippen LogP contribution in [-0.2, 0) is 4.79 Å². The second-order valence-corrected chi connectivity index (χ2v) is 6.23. The van der Waals surface area contributed by atoms with Crippen molar-refractivity contribution >= 4 is 22.7 Å². The predicted octanol–water partition coefficient (Wildman–Crippen LogP) is 4.55. The van der Waals surface area contributed by atoms with Crippen LogP contribution >= 0.6 is 0 Å². The number of carbonyl (C=O) groups excluding carboxylic acids is 2. The first-order valence-electron chi connectivity index (χ1n) is 8.27. The van der Waals surface area contributed by atoms with Gasteiger partial charge in [0.15, 0.2) is 0 Å². The number of esters is 2. The van der Waals surface area contributed by atoms with E-state index in [4.69, 9.17) is 9.47 Å². The minimum Gasteiger partial charge on any atom is -0.508 e. The van der Waals surface area contributed by atoms with Crippen molar-refractivity contribution in [1.29, 1.82) is 0 Å². The van der Waals surface area contributed by atoms with E-state index in [1.807, 2.05) is 0 Å². The van der Waals surface area contributed by atoms with Crippen LogP contribution in [0, 0.1) is 6.92 Å². The summed E-state index contributed by atoms with van der Waals surface area (Å²) >= 11 is 0. The van der Waals surface area contributed by atoms with Crippen molar-refractivity contribution in [2.45, 2.75) is 13.8 Å².